The number of H-pyrrole nitrogens is 1. The lowest BCUT2D eigenvalue weighted by atomic mass is 10.2. The molecule has 1 atom stereocenters. The van der Waals surface area contributed by atoms with Crippen LogP contribution in [0.1, 0.15) is 26.2 Å². The van der Waals surface area contributed by atoms with Crippen molar-refractivity contribution in [2.24, 2.45) is 0 Å². The lowest BCUT2D eigenvalue weighted by Gasteiger charge is -2.15. The Labute approximate surface area is 160 Å². The molecule has 144 valence electrons. The summed E-state index contributed by atoms with van der Waals surface area (Å²) in [7, 11) is 1.56. The Kier molecular flexibility index (Phi) is 6.18. The van der Waals surface area contributed by atoms with E-state index in [1.54, 1.807) is 7.11 Å². The van der Waals surface area contributed by atoms with E-state index in [-0.39, 0.29) is 5.56 Å². The molecule has 0 aliphatic heterocycles. The molecule has 0 saturated carbocycles. The van der Waals surface area contributed by atoms with Gasteiger partial charge in [-0.05, 0) is 12.5 Å². The molecule has 0 amide bonds. The number of nitrogens with zero attached hydrogens (tertiary/aromatic N) is 2. The number of para-hydroxylation sites is 1. The Hall–Kier alpha value is -2.32. The molecule has 0 radical (unpaired) electrons. The summed E-state index contributed by atoms with van der Waals surface area (Å²) in [5.74, 6) is -0.889. The van der Waals surface area contributed by atoms with E-state index in [1.165, 1.54) is 4.57 Å². The van der Waals surface area contributed by atoms with Gasteiger partial charge in [0.2, 0.25) is 0 Å². The van der Waals surface area contributed by atoms with Crippen LogP contribution in [0.5, 0.6) is 0 Å². The van der Waals surface area contributed by atoms with E-state index in [0.29, 0.717) is 35.8 Å². The summed E-state index contributed by atoms with van der Waals surface area (Å²) in [5.41, 5.74) is 1.62. The Morgan fingerprint density at radius 1 is 1.41 bits per heavy atom. The summed E-state index contributed by atoms with van der Waals surface area (Å²) >= 11 is 1.14. The molecule has 0 aliphatic carbocycles. The van der Waals surface area contributed by atoms with Crippen LogP contribution < -0.4 is 5.56 Å². The summed E-state index contributed by atoms with van der Waals surface area (Å²) in [6.45, 7) is 2.68. The zero-order valence-electron chi connectivity index (χ0n) is 15.4. The summed E-state index contributed by atoms with van der Waals surface area (Å²) in [6, 6.07) is 7.58. The molecule has 7 nitrogen and oxygen atoms in total. The Bertz CT molecular complexity index is 1010. The average Bonchev–Trinajstić information content (AvgIpc) is 3.03. The number of carboxylic acids is 1. The van der Waals surface area contributed by atoms with E-state index in [1.807, 2.05) is 31.2 Å². The van der Waals surface area contributed by atoms with Crippen molar-refractivity contribution in [3.63, 3.8) is 0 Å². The van der Waals surface area contributed by atoms with E-state index < -0.39 is 11.2 Å². The van der Waals surface area contributed by atoms with Crippen LogP contribution >= 0.6 is 11.8 Å². The van der Waals surface area contributed by atoms with Gasteiger partial charge in [0.25, 0.3) is 5.56 Å². The molecule has 0 unspecified atom stereocenters. The minimum absolute atomic E-state index is 0.213. The third-order valence-electron chi connectivity index (χ3n) is 4.44. The molecule has 0 saturated heterocycles. The number of nitrogens with one attached hydrogen (secondary N) is 1. The van der Waals surface area contributed by atoms with Crippen LogP contribution in [0.4, 0.5) is 0 Å². The second-order valence-electron chi connectivity index (χ2n) is 6.33. The van der Waals surface area contributed by atoms with Gasteiger partial charge in [0.1, 0.15) is 16.3 Å². The van der Waals surface area contributed by atoms with Gasteiger partial charge in [-0.3, -0.25) is 14.2 Å². The van der Waals surface area contributed by atoms with Crippen LogP contribution in [0.3, 0.4) is 0 Å². The SMILES string of the molecule is CCCC[C@@H](Sc1nc2c([nH]c3ccccc32)c(=O)n1CCOC)C(=O)O. The number of ether oxygens (including phenoxy) is 1. The van der Waals surface area contributed by atoms with Crippen LogP contribution in [-0.2, 0) is 16.1 Å². The van der Waals surface area contributed by atoms with Crippen molar-refractivity contribution in [3.05, 3.63) is 34.6 Å². The summed E-state index contributed by atoms with van der Waals surface area (Å²) in [5, 5.41) is 10.2. The van der Waals surface area contributed by atoms with E-state index in [4.69, 9.17) is 4.74 Å². The second-order valence-corrected chi connectivity index (χ2v) is 7.50. The maximum Gasteiger partial charge on any atom is 0.317 e. The van der Waals surface area contributed by atoms with E-state index >= 15 is 0 Å². The Morgan fingerprint density at radius 2 is 2.19 bits per heavy atom. The number of methoxy groups -OCH3 is 1. The van der Waals surface area contributed by atoms with Gasteiger partial charge in [-0.15, -0.1) is 0 Å². The summed E-state index contributed by atoms with van der Waals surface area (Å²) in [4.78, 5) is 32.6. The summed E-state index contributed by atoms with van der Waals surface area (Å²) in [6.07, 6.45) is 2.25. The second kappa shape index (κ2) is 8.58. The van der Waals surface area contributed by atoms with Crippen LogP contribution in [0.15, 0.2) is 34.2 Å². The molecule has 1 aromatic carbocycles. The largest absolute Gasteiger partial charge is 0.480 e. The average molecular weight is 389 g/mol. The number of benzene rings is 1. The van der Waals surface area contributed by atoms with E-state index in [9.17, 15) is 14.7 Å². The normalized spacial score (nSPS) is 12.7. The number of carboxylic acid groups (broad SMARTS) is 1. The van der Waals surface area contributed by atoms with Crippen molar-refractivity contribution in [3.8, 4) is 0 Å². The maximum absolute atomic E-state index is 13.1. The first kappa shape index (κ1) is 19.4. The van der Waals surface area contributed by atoms with Gasteiger partial charge in [0.15, 0.2) is 5.16 Å². The van der Waals surface area contributed by atoms with Crippen LogP contribution in [0, 0.1) is 0 Å². The third-order valence-corrected chi connectivity index (χ3v) is 5.68. The first-order valence-electron chi connectivity index (χ1n) is 8.96. The quantitative estimate of drug-likeness (QED) is 0.431. The van der Waals surface area contributed by atoms with Crippen molar-refractivity contribution >= 4 is 39.7 Å². The highest BCUT2D eigenvalue weighted by atomic mass is 32.2. The molecule has 3 rings (SSSR count). The molecule has 8 heteroatoms. The highest BCUT2D eigenvalue weighted by Crippen LogP contribution is 2.28. The first-order chi connectivity index (χ1) is 13.1. The molecule has 2 aromatic heterocycles. The molecule has 0 aliphatic rings. The lowest BCUT2D eigenvalue weighted by Crippen LogP contribution is -2.27. The number of carbonyl (C=O) groups is 1. The predicted octanol–water partition coefficient (Wildman–Crippen LogP) is 3.26. The molecule has 3 aromatic rings. The van der Waals surface area contributed by atoms with Crippen molar-refractivity contribution in [1.82, 2.24) is 14.5 Å². The Morgan fingerprint density at radius 3 is 2.89 bits per heavy atom. The molecular weight excluding hydrogens is 366 g/mol. The van der Waals surface area contributed by atoms with Crippen LogP contribution in [0.2, 0.25) is 0 Å². The zero-order chi connectivity index (χ0) is 19.4. The molecule has 2 heterocycles. The van der Waals surface area contributed by atoms with Crippen molar-refractivity contribution in [2.45, 2.75) is 43.1 Å². The van der Waals surface area contributed by atoms with Crippen molar-refractivity contribution in [2.75, 3.05) is 13.7 Å². The number of aromatic nitrogens is 3. The fourth-order valence-corrected chi connectivity index (χ4v) is 4.08. The fourth-order valence-electron chi connectivity index (χ4n) is 3.00. The fraction of sp³-hybridized carbons (Fsp3) is 0.421. The number of rotatable bonds is 9. The monoisotopic (exact) mass is 389 g/mol. The smallest absolute Gasteiger partial charge is 0.317 e. The number of aliphatic carboxylic acids is 1. The standard InChI is InChI=1S/C19H23N3O4S/c1-3-4-9-14(18(24)25)27-19-21-15-12-7-5-6-8-13(12)20-16(15)17(23)22(19)10-11-26-2/h5-8,14,20H,3-4,9-11H2,1-2H3,(H,24,25)/t14-/m1/s1. The molecule has 0 spiro atoms. The molecule has 0 fully saturated rings. The van der Waals surface area contributed by atoms with E-state index in [0.717, 1.165) is 35.5 Å². The number of hydrogen-bond acceptors (Lipinski definition) is 5. The third kappa shape index (κ3) is 4.01. The maximum atomic E-state index is 13.1. The number of thioether (sulfide) groups is 1. The van der Waals surface area contributed by atoms with Gasteiger partial charge in [-0.25, -0.2) is 4.98 Å². The lowest BCUT2D eigenvalue weighted by molar-refractivity contribution is -0.136. The Balaban J connectivity index is 2.14. The van der Waals surface area contributed by atoms with Crippen molar-refractivity contribution in [1.29, 1.82) is 0 Å². The topological polar surface area (TPSA) is 97.2 Å². The van der Waals surface area contributed by atoms with Crippen LogP contribution in [-0.4, -0.2) is 44.6 Å². The van der Waals surface area contributed by atoms with Crippen LogP contribution in [0.25, 0.3) is 21.9 Å². The number of aromatic amines is 1. The molecular formula is C19H23N3O4S. The minimum atomic E-state index is -0.889. The predicted molar refractivity (Wildman–Crippen MR) is 107 cm³/mol. The minimum Gasteiger partial charge on any atom is -0.480 e. The highest BCUT2D eigenvalue weighted by Gasteiger charge is 2.23. The summed E-state index contributed by atoms with van der Waals surface area (Å²) < 4.78 is 6.63. The van der Waals surface area contributed by atoms with Gasteiger partial charge in [-0.2, -0.15) is 0 Å². The molecule has 0 bridgehead atoms. The van der Waals surface area contributed by atoms with Gasteiger partial charge in [0.05, 0.1) is 13.2 Å². The molecule has 2 N–H and O–H groups in total. The van der Waals surface area contributed by atoms with Gasteiger partial charge in [-0.1, -0.05) is 49.7 Å². The van der Waals surface area contributed by atoms with E-state index in [2.05, 4.69) is 9.97 Å². The van der Waals surface area contributed by atoms with Gasteiger partial charge < -0.3 is 14.8 Å². The number of unbranched alkanes of at least 4 members (excludes halogenated alkanes) is 1. The number of hydrogen-bond donors (Lipinski definition) is 2. The van der Waals surface area contributed by atoms with Gasteiger partial charge in [0, 0.05) is 18.0 Å². The number of fused-ring (bicyclic) bond motifs is 3. The first-order valence-corrected chi connectivity index (χ1v) is 9.84. The van der Waals surface area contributed by atoms with Crippen molar-refractivity contribution < 1.29 is 14.6 Å². The molecule has 27 heavy (non-hydrogen) atoms. The zero-order valence-corrected chi connectivity index (χ0v) is 16.2. The highest BCUT2D eigenvalue weighted by molar-refractivity contribution is 8.00. The van der Waals surface area contributed by atoms with Gasteiger partial charge >= 0.3 is 5.97 Å².